The van der Waals surface area contributed by atoms with Crippen molar-refractivity contribution in [3.8, 4) is 0 Å². The van der Waals surface area contributed by atoms with Gasteiger partial charge in [-0.05, 0) is 29.7 Å². The van der Waals surface area contributed by atoms with E-state index in [0.717, 1.165) is 24.5 Å². The highest BCUT2D eigenvalue weighted by Gasteiger charge is 2.40. The van der Waals surface area contributed by atoms with Crippen LogP contribution in [-0.4, -0.2) is 23.6 Å². The molecule has 4 nitrogen and oxygen atoms in total. The Morgan fingerprint density at radius 3 is 2.78 bits per heavy atom. The van der Waals surface area contributed by atoms with Crippen LogP contribution in [0.2, 0.25) is 0 Å². The van der Waals surface area contributed by atoms with Gasteiger partial charge in [-0.3, -0.25) is 4.99 Å². The topological polar surface area (TPSA) is 41.4 Å². The van der Waals surface area contributed by atoms with Crippen LogP contribution in [0.25, 0.3) is 0 Å². The Balaban J connectivity index is 0.00000192. The summed E-state index contributed by atoms with van der Waals surface area (Å²) in [5, 5.41) is 6.65. The van der Waals surface area contributed by atoms with Crippen LogP contribution in [0.15, 0.2) is 47.7 Å². The van der Waals surface area contributed by atoms with Gasteiger partial charge >= 0.3 is 0 Å². The van der Waals surface area contributed by atoms with E-state index >= 15 is 0 Å². The average Bonchev–Trinajstić information content (AvgIpc) is 3.15. The predicted octanol–water partition coefficient (Wildman–Crippen LogP) is 3.00. The van der Waals surface area contributed by atoms with Gasteiger partial charge in [-0.25, -0.2) is 4.39 Å². The summed E-state index contributed by atoms with van der Waals surface area (Å²) in [4.78, 5) is 4.23. The highest BCUT2D eigenvalue weighted by Crippen LogP contribution is 2.41. The molecule has 1 aromatic carbocycles. The Bertz CT molecular complexity index is 683. The van der Waals surface area contributed by atoms with Crippen molar-refractivity contribution in [2.45, 2.75) is 24.9 Å². The van der Waals surface area contributed by atoms with Crippen LogP contribution in [0, 0.1) is 5.82 Å². The number of aromatic nitrogens is 1. The highest BCUT2D eigenvalue weighted by molar-refractivity contribution is 14.0. The van der Waals surface area contributed by atoms with Crippen molar-refractivity contribution in [2.24, 2.45) is 12.0 Å². The van der Waals surface area contributed by atoms with E-state index in [9.17, 15) is 4.39 Å². The van der Waals surface area contributed by atoms with E-state index < -0.39 is 0 Å². The molecule has 0 spiro atoms. The van der Waals surface area contributed by atoms with Crippen molar-refractivity contribution < 1.29 is 4.39 Å². The molecule has 3 rings (SSSR count). The molecule has 0 bridgehead atoms. The molecular formula is C17H22FIN4. The molecule has 1 saturated carbocycles. The van der Waals surface area contributed by atoms with E-state index in [2.05, 4.69) is 27.9 Å². The fourth-order valence-corrected chi connectivity index (χ4v) is 2.70. The lowest BCUT2D eigenvalue weighted by molar-refractivity contribution is 0.607. The number of aryl methyl sites for hydroxylation is 1. The van der Waals surface area contributed by atoms with Gasteiger partial charge in [-0.2, -0.15) is 0 Å². The zero-order valence-electron chi connectivity index (χ0n) is 13.3. The van der Waals surface area contributed by atoms with E-state index in [1.165, 1.54) is 11.6 Å². The summed E-state index contributed by atoms with van der Waals surface area (Å²) in [6, 6.07) is 9.31. The molecule has 2 unspecified atom stereocenters. The summed E-state index contributed by atoms with van der Waals surface area (Å²) in [5.41, 5.74) is 1.99. The number of aliphatic imine (C=N–C) groups is 1. The maximum Gasteiger partial charge on any atom is 0.191 e. The van der Waals surface area contributed by atoms with Crippen molar-refractivity contribution in [1.82, 2.24) is 15.2 Å². The van der Waals surface area contributed by atoms with Gasteiger partial charge in [0.05, 0.1) is 0 Å². The minimum atomic E-state index is -0.121. The maximum absolute atomic E-state index is 13.8. The molecular weight excluding hydrogens is 406 g/mol. The van der Waals surface area contributed by atoms with Gasteiger partial charge in [0.2, 0.25) is 0 Å². The van der Waals surface area contributed by atoms with Crippen LogP contribution in [0.3, 0.4) is 0 Å². The average molecular weight is 428 g/mol. The van der Waals surface area contributed by atoms with Crippen LogP contribution in [0.4, 0.5) is 4.39 Å². The molecule has 0 saturated heterocycles. The molecule has 2 atom stereocenters. The zero-order valence-corrected chi connectivity index (χ0v) is 15.6. The monoisotopic (exact) mass is 428 g/mol. The van der Waals surface area contributed by atoms with Crippen LogP contribution in [0.1, 0.15) is 23.5 Å². The molecule has 1 fully saturated rings. The molecule has 1 heterocycles. The van der Waals surface area contributed by atoms with Crippen LogP contribution < -0.4 is 10.6 Å². The smallest absolute Gasteiger partial charge is 0.191 e. The van der Waals surface area contributed by atoms with E-state index in [0.29, 0.717) is 0 Å². The third-order valence-corrected chi connectivity index (χ3v) is 3.99. The largest absolute Gasteiger partial charge is 0.357 e. The number of rotatable bonds is 4. The Labute approximate surface area is 153 Å². The van der Waals surface area contributed by atoms with E-state index in [-0.39, 0.29) is 41.8 Å². The normalized spacial score (nSPS) is 19.9. The van der Waals surface area contributed by atoms with E-state index in [1.54, 1.807) is 13.1 Å². The first kappa shape index (κ1) is 17.8. The molecule has 1 aliphatic carbocycles. The van der Waals surface area contributed by atoms with Gasteiger partial charge in [0.15, 0.2) is 5.96 Å². The summed E-state index contributed by atoms with van der Waals surface area (Å²) in [7, 11) is 3.75. The Hall–Kier alpha value is -1.57. The Kier molecular flexibility index (Phi) is 6.04. The summed E-state index contributed by atoms with van der Waals surface area (Å²) >= 11 is 0. The first-order valence-electron chi connectivity index (χ1n) is 7.50. The third-order valence-electron chi connectivity index (χ3n) is 3.99. The van der Waals surface area contributed by atoms with E-state index in [4.69, 9.17) is 0 Å². The Morgan fingerprint density at radius 1 is 1.35 bits per heavy atom. The van der Waals surface area contributed by atoms with Crippen molar-refractivity contribution >= 4 is 29.9 Å². The number of benzene rings is 1. The molecule has 23 heavy (non-hydrogen) atoms. The molecule has 124 valence electrons. The van der Waals surface area contributed by atoms with Crippen molar-refractivity contribution in [1.29, 1.82) is 0 Å². The van der Waals surface area contributed by atoms with Crippen LogP contribution >= 0.6 is 24.0 Å². The first-order chi connectivity index (χ1) is 10.7. The van der Waals surface area contributed by atoms with Gasteiger partial charge in [0.25, 0.3) is 0 Å². The highest BCUT2D eigenvalue weighted by atomic mass is 127. The van der Waals surface area contributed by atoms with Gasteiger partial charge in [0, 0.05) is 45.0 Å². The Morgan fingerprint density at radius 2 is 2.13 bits per heavy atom. The molecule has 6 heteroatoms. The first-order valence-corrected chi connectivity index (χ1v) is 7.50. The summed E-state index contributed by atoms with van der Waals surface area (Å²) in [5.74, 6) is 0.869. The van der Waals surface area contributed by atoms with Crippen LogP contribution in [0.5, 0.6) is 0 Å². The number of nitrogens with zero attached hydrogens (tertiary/aromatic N) is 2. The lowest BCUT2D eigenvalue weighted by atomic mass is 10.1. The maximum atomic E-state index is 13.8. The van der Waals surface area contributed by atoms with Crippen LogP contribution in [-0.2, 0) is 13.6 Å². The number of hydrogen-bond donors (Lipinski definition) is 2. The molecule has 2 N–H and O–H groups in total. The standard InChI is InChI=1S/C17H21FN4.HI/c1-19-17(20-10-12-7-8-22(2)11-12)21-16-9-14(16)13-5-3-4-6-15(13)18;/h3-8,11,14,16H,9-10H2,1-2H3,(H2,19,20,21);1H. The number of guanidine groups is 1. The second kappa shape index (κ2) is 7.81. The summed E-state index contributed by atoms with van der Waals surface area (Å²) in [6.45, 7) is 0.720. The second-order valence-electron chi connectivity index (χ2n) is 5.73. The third kappa shape index (κ3) is 4.46. The van der Waals surface area contributed by atoms with Gasteiger partial charge < -0.3 is 15.2 Å². The minimum absolute atomic E-state index is 0. The lowest BCUT2D eigenvalue weighted by Crippen LogP contribution is -2.38. The zero-order chi connectivity index (χ0) is 15.5. The fourth-order valence-electron chi connectivity index (χ4n) is 2.70. The number of nitrogens with one attached hydrogen (secondary N) is 2. The van der Waals surface area contributed by atoms with Crippen molar-refractivity contribution in [2.75, 3.05) is 7.05 Å². The van der Waals surface area contributed by atoms with E-state index in [1.807, 2.05) is 29.9 Å². The van der Waals surface area contributed by atoms with Gasteiger partial charge in [-0.1, -0.05) is 18.2 Å². The molecule has 0 radical (unpaired) electrons. The predicted molar refractivity (Wildman–Crippen MR) is 102 cm³/mol. The molecule has 0 aliphatic heterocycles. The molecule has 1 aromatic heterocycles. The lowest BCUT2D eigenvalue weighted by Gasteiger charge is -2.11. The van der Waals surface area contributed by atoms with Gasteiger partial charge in [-0.15, -0.1) is 24.0 Å². The fraction of sp³-hybridized carbons (Fsp3) is 0.353. The number of hydrogen-bond acceptors (Lipinski definition) is 1. The van der Waals surface area contributed by atoms with Gasteiger partial charge in [0.1, 0.15) is 5.82 Å². The summed E-state index contributed by atoms with van der Waals surface area (Å²) < 4.78 is 15.8. The van der Waals surface area contributed by atoms with Crippen molar-refractivity contribution in [3.63, 3.8) is 0 Å². The van der Waals surface area contributed by atoms with Crippen molar-refractivity contribution in [3.05, 3.63) is 59.7 Å². The molecule has 1 aliphatic rings. The second-order valence-corrected chi connectivity index (χ2v) is 5.73. The SMILES string of the molecule is CN=C(NCc1ccn(C)c1)NC1CC1c1ccccc1F.I. The number of halogens is 2. The summed E-state index contributed by atoms with van der Waals surface area (Å²) in [6.07, 6.45) is 5.02. The quantitative estimate of drug-likeness (QED) is 0.447. The molecule has 0 amide bonds. The molecule has 2 aromatic rings. The minimum Gasteiger partial charge on any atom is -0.357 e.